The predicted molar refractivity (Wildman–Crippen MR) is 545 cm³/mol. The standard InChI is InChI=1S/C17H15N3O2.C14H17N3O2.3C13H15N3O2.C12H10F3N3O.C12H13N3O2.C11H8F3N3O/c21-17-10-9-16(15-8-4-5-11-18-15)19-20(17)12-13-22-14-6-2-1-3-7-14;1-11(19-2)8-10-17-14(18)7-6-13(16-17)12-5-3-4-9-15-12;1-10(18-2)9-16-13(17)7-6-12(15-16)11-5-3-4-8-14-11;2*1-10(17)7-9-16-13(18)6-5-12(15-16)11-4-2-3-8-14-11;13-12(14,15)6-8-18-11(19)5-4-10(17-18)9-3-1-2-7-16-9;1-17-9-8-15-12(16)6-5-11(14-15)10-4-2-3-7-13-10;12-11(13,14)7-17-10(18)5-4-9(16-17)8-3-1-2-6-15-8/h1-11H,12-13H2;3-7,9,11H,8,10H2,1-2H3;3-8,10H,9H2,1-2H3;2*2-6,8,10,17H,7,9H2,1H3;1-5,7H,6,8H2;2-7H,8-9H2,1H3;1-6H,7H2/t;11-;3*10-;;;/m.1110.../s1. The van der Waals surface area contributed by atoms with Gasteiger partial charge in [-0.3, -0.25) is 78.2 Å². The number of ether oxygens (including phenoxy) is 4. The van der Waals surface area contributed by atoms with E-state index in [-0.39, 0.29) is 51.3 Å². The van der Waals surface area contributed by atoms with Gasteiger partial charge in [0.2, 0.25) is 0 Å². The van der Waals surface area contributed by atoms with E-state index in [9.17, 15) is 74.9 Å². The van der Waals surface area contributed by atoms with Crippen molar-refractivity contribution in [3.05, 3.63) is 405 Å². The van der Waals surface area contributed by atoms with E-state index < -0.39 is 55.2 Å². The number of aliphatic hydroxyl groups excluding tert-OH is 2. The van der Waals surface area contributed by atoms with Gasteiger partial charge in [0.05, 0.1) is 109 Å². The number of aryl methyl sites for hydroxylation is 4. The van der Waals surface area contributed by atoms with E-state index in [1.54, 1.807) is 151 Å². The Balaban J connectivity index is 0.000000174. The Labute approximate surface area is 848 Å². The SMILES string of the molecule is COCCn1nc(-c2ccccn2)ccc1=O.CO[C@H](C)CCn1nc(-c2ccccn2)ccc1=O.CO[C@H](C)Cn1nc(-c2ccccn2)ccc1=O.C[C@@H](O)CCn1nc(-c2ccccn2)ccc1=O.C[C@H](O)CCn1nc(-c2ccccn2)ccc1=O.O=c1ccc(-c2ccccn2)nn1CC(F)(F)F.O=c1ccc(-c2ccccn2)nn1CCC(F)(F)F.O=c1ccc(-c2ccccn2)nn1CCOc1ccccc1. The van der Waals surface area contributed by atoms with Crippen LogP contribution in [0.3, 0.4) is 0 Å². The minimum Gasteiger partial charge on any atom is -0.492 e. The van der Waals surface area contributed by atoms with Crippen LogP contribution in [0.25, 0.3) is 91.1 Å². The molecule has 149 heavy (non-hydrogen) atoms. The van der Waals surface area contributed by atoms with Crippen LogP contribution in [0.1, 0.15) is 53.4 Å². The Morgan fingerprint density at radius 1 is 0.255 bits per heavy atom. The molecule has 16 heterocycles. The molecule has 0 saturated carbocycles. The number of hydrogen-bond acceptors (Lipinski definition) is 30. The second kappa shape index (κ2) is 59.2. The van der Waals surface area contributed by atoms with Crippen molar-refractivity contribution >= 4 is 0 Å². The summed E-state index contributed by atoms with van der Waals surface area (Å²) in [4.78, 5) is 126. The maximum absolute atomic E-state index is 12.2. The summed E-state index contributed by atoms with van der Waals surface area (Å²) in [5.41, 5.74) is 7.73. The van der Waals surface area contributed by atoms with Crippen LogP contribution in [0.15, 0.2) is 361 Å². The number of halogens is 6. The molecule has 0 spiro atoms. The summed E-state index contributed by atoms with van der Waals surface area (Å²) in [7, 11) is 4.86. The highest BCUT2D eigenvalue weighted by atomic mass is 19.4. The normalized spacial score (nSPS) is 11.6. The van der Waals surface area contributed by atoms with E-state index in [1.807, 2.05) is 153 Å². The Kier molecular flexibility index (Phi) is 45.1. The lowest BCUT2D eigenvalue weighted by Gasteiger charge is -2.11. The van der Waals surface area contributed by atoms with Crippen LogP contribution < -0.4 is 49.2 Å². The molecule has 17 aromatic rings. The molecule has 0 aliphatic rings. The average Bonchev–Trinajstić information content (AvgIpc) is 0.745. The summed E-state index contributed by atoms with van der Waals surface area (Å²) in [5.74, 6) is 0.774. The molecule has 0 aliphatic carbocycles. The van der Waals surface area contributed by atoms with Gasteiger partial charge in [0, 0.05) is 139 Å². The van der Waals surface area contributed by atoms with Crippen molar-refractivity contribution in [1.82, 2.24) is 118 Å². The third-order valence-electron chi connectivity index (χ3n) is 20.6. The largest absolute Gasteiger partial charge is 0.492 e. The van der Waals surface area contributed by atoms with Crippen LogP contribution in [-0.2, 0) is 66.6 Å². The second-order valence-corrected chi connectivity index (χ2v) is 32.1. The van der Waals surface area contributed by atoms with Gasteiger partial charge in [-0.05, 0) is 205 Å². The number of alkyl halides is 6. The van der Waals surface area contributed by atoms with Crippen molar-refractivity contribution in [1.29, 1.82) is 0 Å². The van der Waals surface area contributed by atoms with E-state index in [0.29, 0.717) is 121 Å². The Hall–Kier alpha value is -17.4. The highest BCUT2D eigenvalue weighted by Crippen LogP contribution is 2.23. The third kappa shape index (κ3) is 39.3. The molecular formula is C105H108F6N24O14. The molecule has 4 atom stereocenters. The van der Waals surface area contributed by atoms with Gasteiger partial charge in [0.25, 0.3) is 44.5 Å². The molecule has 38 nitrogen and oxygen atoms in total. The lowest BCUT2D eigenvalue weighted by molar-refractivity contribution is -0.143. The van der Waals surface area contributed by atoms with E-state index in [1.165, 1.54) is 88.9 Å². The van der Waals surface area contributed by atoms with Gasteiger partial charge in [0.1, 0.15) is 64.5 Å². The minimum absolute atomic E-state index is 0.0609. The van der Waals surface area contributed by atoms with E-state index >= 15 is 0 Å². The van der Waals surface area contributed by atoms with Crippen LogP contribution in [0, 0.1) is 0 Å². The van der Waals surface area contributed by atoms with E-state index in [4.69, 9.17) is 18.9 Å². The van der Waals surface area contributed by atoms with Crippen LogP contribution in [0.4, 0.5) is 26.3 Å². The van der Waals surface area contributed by atoms with Crippen molar-refractivity contribution in [2.45, 2.75) is 143 Å². The van der Waals surface area contributed by atoms with Gasteiger partial charge < -0.3 is 29.2 Å². The molecular weight excluding hydrogens is 1940 g/mol. The summed E-state index contributed by atoms with van der Waals surface area (Å²) >= 11 is 0. The number of rotatable bonds is 31. The van der Waals surface area contributed by atoms with E-state index in [2.05, 4.69) is 80.7 Å². The zero-order valence-electron chi connectivity index (χ0n) is 82.1. The summed E-state index contributed by atoms with van der Waals surface area (Å²) in [6, 6.07) is 77.0. The monoisotopic (exact) mass is 2040 g/mol. The first-order valence-electron chi connectivity index (χ1n) is 46.5. The maximum Gasteiger partial charge on any atom is 0.408 e. The fourth-order valence-electron chi connectivity index (χ4n) is 12.7. The Bertz CT molecular complexity index is 7340. The first-order chi connectivity index (χ1) is 71.8. The zero-order valence-corrected chi connectivity index (χ0v) is 82.1. The molecule has 16 aromatic heterocycles. The number of aliphatic hydroxyl groups is 2. The molecule has 17 rings (SSSR count). The second-order valence-electron chi connectivity index (χ2n) is 32.1. The van der Waals surface area contributed by atoms with Gasteiger partial charge in [-0.25, -0.2) is 37.5 Å². The van der Waals surface area contributed by atoms with Crippen molar-refractivity contribution in [3.63, 3.8) is 0 Å². The molecule has 0 radical (unpaired) electrons. The van der Waals surface area contributed by atoms with Gasteiger partial charge in [-0.1, -0.05) is 66.7 Å². The van der Waals surface area contributed by atoms with Crippen LogP contribution in [0.2, 0.25) is 0 Å². The number of benzene rings is 1. The molecule has 0 saturated heterocycles. The first kappa shape index (κ1) is 114. The van der Waals surface area contributed by atoms with Gasteiger partial charge >= 0.3 is 12.4 Å². The topological polar surface area (TPSA) is 460 Å². The average molecular weight is 2040 g/mol. The van der Waals surface area contributed by atoms with Gasteiger partial charge in [0.15, 0.2) is 0 Å². The number of nitrogens with zero attached hydrogens (tertiary/aromatic N) is 24. The number of hydrogen-bond donors (Lipinski definition) is 2. The molecule has 0 fully saturated rings. The molecule has 0 aliphatic heterocycles. The Morgan fingerprint density at radius 3 is 0.738 bits per heavy atom. The number of pyridine rings is 8. The molecule has 0 bridgehead atoms. The number of aromatic nitrogens is 24. The lowest BCUT2D eigenvalue weighted by Crippen LogP contribution is -2.29. The summed E-state index contributed by atoms with van der Waals surface area (Å²) in [6.45, 7) is 8.75. The summed E-state index contributed by atoms with van der Waals surface area (Å²) in [5, 5.41) is 51.7. The van der Waals surface area contributed by atoms with Crippen molar-refractivity contribution in [3.8, 4) is 96.9 Å². The van der Waals surface area contributed by atoms with Crippen molar-refractivity contribution in [2.24, 2.45) is 0 Å². The fourth-order valence-corrected chi connectivity index (χ4v) is 12.7. The molecule has 774 valence electrons. The molecule has 1 aromatic carbocycles. The quantitative estimate of drug-likeness (QED) is 0.0381. The summed E-state index contributed by atoms with van der Waals surface area (Å²) in [6.07, 6.45) is 4.20. The highest BCUT2D eigenvalue weighted by Gasteiger charge is 2.30. The first-order valence-corrected chi connectivity index (χ1v) is 46.5. The molecule has 2 N–H and O–H groups in total. The summed E-state index contributed by atoms with van der Waals surface area (Å²) < 4.78 is 104. The predicted octanol–water partition coefficient (Wildman–Crippen LogP) is 12.7. The fraction of sp³-hybridized carbons (Fsp3) is 0.257. The lowest BCUT2D eigenvalue weighted by atomic mass is 10.2. The molecule has 0 amide bonds. The maximum atomic E-state index is 12.2. The number of methoxy groups -OCH3 is 3. The molecule has 0 unspecified atom stereocenters. The third-order valence-corrected chi connectivity index (χ3v) is 20.6. The number of para-hydroxylation sites is 1. The Morgan fingerprint density at radius 2 is 0.490 bits per heavy atom. The van der Waals surface area contributed by atoms with E-state index in [0.717, 1.165) is 57.1 Å². The minimum atomic E-state index is -4.49. The molecule has 44 heteroatoms. The zero-order chi connectivity index (χ0) is 107. The highest BCUT2D eigenvalue weighted by molar-refractivity contribution is 5.58. The van der Waals surface area contributed by atoms with Crippen LogP contribution in [-0.4, -0.2) is 200 Å². The smallest absolute Gasteiger partial charge is 0.408 e. The van der Waals surface area contributed by atoms with Crippen molar-refractivity contribution < 1.29 is 55.5 Å². The van der Waals surface area contributed by atoms with Gasteiger partial charge in [-0.2, -0.15) is 67.1 Å². The van der Waals surface area contributed by atoms with Crippen LogP contribution >= 0.6 is 0 Å². The van der Waals surface area contributed by atoms with Crippen molar-refractivity contribution in [2.75, 3.05) is 34.5 Å². The van der Waals surface area contributed by atoms with Gasteiger partial charge in [-0.15, -0.1) is 0 Å². The van der Waals surface area contributed by atoms with Crippen LogP contribution in [0.5, 0.6) is 5.75 Å².